The van der Waals surface area contributed by atoms with Crippen molar-refractivity contribution in [3.05, 3.63) is 60.3 Å². The number of phenols is 1. The molecule has 4 aliphatic heterocycles. The van der Waals surface area contributed by atoms with Crippen molar-refractivity contribution in [1.29, 1.82) is 0 Å². The maximum Gasteiger partial charge on any atom is 0.319 e. The molecule has 304 valence electrons. The first-order valence-corrected chi connectivity index (χ1v) is 20.8. The zero-order valence-electron chi connectivity index (χ0n) is 32.9. The van der Waals surface area contributed by atoms with Crippen molar-refractivity contribution >= 4 is 39.3 Å². The Labute approximate surface area is 337 Å². The molecule has 4 saturated heterocycles. The van der Waals surface area contributed by atoms with Crippen molar-refractivity contribution < 1.29 is 28.2 Å². The number of halogens is 2. The third-order valence-electron chi connectivity index (χ3n) is 12.7. The van der Waals surface area contributed by atoms with E-state index in [0.29, 0.717) is 49.3 Å². The van der Waals surface area contributed by atoms with Gasteiger partial charge in [0.05, 0.1) is 16.5 Å². The quantitative estimate of drug-likeness (QED) is 0.0743. The molecule has 4 fully saturated rings. The molecule has 13 heteroatoms. The van der Waals surface area contributed by atoms with E-state index in [1.165, 1.54) is 36.5 Å². The summed E-state index contributed by atoms with van der Waals surface area (Å²) in [5.41, 5.74) is -0.125. The van der Waals surface area contributed by atoms with Crippen molar-refractivity contribution in [2.75, 3.05) is 44.2 Å². The number of aromatic nitrogens is 3. The second-order valence-corrected chi connectivity index (χ2v) is 16.3. The number of amides is 2. The zero-order chi connectivity index (χ0) is 40.4. The topological polar surface area (TPSA) is 124 Å². The van der Waals surface area contributed by atoms with Gasteiger partial charge in [-0.1, -0.05) is 44.2 Å². The number of carbonyl (C=O) groups is 2. The minimum atomic E-state index is -0.761. The van der Waals surface area contributed by atoms with Crippen LogP contribution in [0.4, 0.5) is 14.6 Å². The molecule has 4 aliphatic rings. The average molecular weight is 792 g/mol. The molecule has 0 radical (unpaired) electrons. The van der Waals surface area contributed by atoms with Crippen LogP contribution in [0.25, 0.3) is 32.9 Å². The fourth-order valence-corrected chi connectivity index (χ4v) is 9.93. The van der Waals surface area contributed by atoms with Crippen LogP contribution in [-0.2, 0) is 9.59 Å². The van der Waals surface area contributed by atoms with Gasteiger partial charge in [0.2, 0.25) is 11.8 Å². The number of phenolic OH excluding ortho intramolecular Hbond substituents is 1. The molecule has 0 aliphatic carbocycles. The highest BCUT2D eigenvalue weighted by Crippen LogP contribution is 2.42. The Bertz CT molecular complexity index is 2250. The molecule has 6 heterocycles. The first-order valence-electron chi connectivity index (χ1n) is 20.8. The fourth-order valence-electron chi connectivity index (χ4n) is 9.93. The van der Waals surface area contributed by atoms with Crippen molar-refractivity contribution in [3.63, 3.8) is 0 Å². The van der Waals surface area contributed by atoms with E-state index in [0.717, 1.165) is 90.1 Å². The van der Waals surface area contributed by atoms with Crippen LogP contribution in [0.3, 0.4) is 0 Å². The van der Waals surface area contributed by atoms with Crippen LogP contribution in [0.1, 0.15) is 89.0 Å². The van der Waals surface area contributed by atoms with Crippen LogP contribution in [0.5, 0.6) is 11.8 Å². The zero-order valence-corrected chi connectivity index (χ0v) is 32.9. The van der Waals surface area contributed by atoms with Gasteiger partial charge in [-0.25, -0.2) is 8.78 Å². The standard InChI is InChI=1S/C45H51F2N7O4/c1-3-33-36(46)17-14-29-23-32(55)24-34(39(29)33)41-40(47)42-35(25-49-41)43(51-44(50-42)58-28-45-18-11-21-53(45)22-12-19-45)52-26-30-15-16-31(27-52)54(30)38(57)13-9-7-5-6-8-10-20-48-37(56)4-2/h1,4,14,17,23-25,30-31,55H,2,5-13,15-16,18-22,26-28H2,(H,48,56). The van der Waals surface area contributed by atoms with Crippen LogP contribution < -0.4 is 15.0 Å². The number of hydrogen-bond donors (Lipinski definition) is 2. The Hall–Kier alpha value is -5.35. The summed E-state index contributed by atoms with van der Waals surface area (Å²) in [6.45, 7) is 7.61. The number of pyridine rings is 1. The first kappa shape index (κ1) is 39.5. The number of fused-ring (bicyclic) bond motifs is 5. The van der Waals surface area contributed by atoms with Crippen molar-refractivity contribution in [1.82, 2.24) is 30.1 Å². The summed E-state index contributed by atoms with van der Waals surface area (Å²) in [5.74, 6) is 1.38. The second kappa shape index (κ2) is 16.9. The number of terminal acetylenes is 1. The summed E-state index contributed by atoms with van der Waals surface area (Å²) in [6.07, 6.45) is 20.9. The van der Waals surface area contributed by atoms with Crippen molar-refractivity contribution in [2.24, 2.45) is 0 Å². The molecule has 2 amide bonds. The van der Waals surface area contributed by atoms with E-state index in [1.807, 2.05) is 0 Å². The summed E-state index contributed by atoms with van der Waals surface area (Å²) < 4.78 is 38.6. The lowest BCUT2D eigenvalue weighted by atomic mass is 9.95. The molecule has 0 spiro atoms. The van der Waals surface area contributed by atoms with Crippen LogP contribution in [0.15, 0.2) is 43.1 Å². The van der Waals surface area contributed by atoms with Gasteiger partial charge in [0, 0.05) is 55.3 Å². The van der Waals surface area contributed by atoms with Crippen LogP contribution in [0, 0.1) is 24.0 Å². The molecule has 58 heavy (non-hydrogen) atoms. The van der Waals surface area contributed by atoms with Gasteiger partial charge in [0.25, 0.3) is 0 Å². The minimum absolute atomic E-state index is 0.000258. The third kappa shape index (κ3) is 7.66. The molecule has 11 nitrogen and oxygen atoms in total. The largest absolute Gasteiger partial charge is 0.508 e. The maximum atomic E-state index is 17.1. The van der Waals surface area contributed by atoms with Gasteiger partial charge < -0.3 is 25.0 Å². The van der Waals surface area contributed by atoms with Gasteiger partial charge in [-0.2, -0.15) is 9.97 Å². The van der Waals surface area contributed by atoms with Gasteiger partial charge in [0.1, 0.15) is 35.2 Å². The monoisotopic (exact) mass is 791 g/mol. The predicted molar refractivity (Wildman–Crippen MR) is 219 cm³/mol. The van der Waals surface area contributed by atoms with Gasteiger partial charge in [0.15, 0.2) is 5.82 Å². The van der Waals surface area contributed by atoms with Crippen molar-refractivity contribution in [2.45, 2.75) is 101 Å². The third-order valence-corrected chi connectivity index (χ3v) is 12.7. The summed E-state index contributed by atoms with van der Waals surface area (Å²) in [5, 5.41) is 14.6. The van der Waals surface area contributed by atoms with Gasteiger partial charge in [-0.15, -0.1) is 6.42 Å². The van der Waals surface area contributed by atoms with Crippen LogP contribution >= 0.6 is 0 Å². The summed E-state index contributed by atoms with van der Waals surface area (Å²) in [6, 6.07) is 5.56. The van der Waals surface area contributed by atoms with Crippen molar-refractivity contribution in [3.8, 4) is 35.4 Å². The number of hydrogen-bond acceptors (Lipinski definition) is 9. The Morgan fingerprint density at radius 3 is 2.48 bits per heavy atom. The average Bonchev–Trinajstić information content (AvgIpc) is 3.89. The smallest absolute Gasteiger partial charge is 0.319 e. The van der Waals surface area contributed by atoms with E-state index in [2.05, 4.69) is 42.5 Å². The highest BCUT2D eigenvalue weighted by molar-refractivity contribution is 6.03. The lowest BCUT2D eigenvalue weighted by Crippen LogP contribution is -2.56. The lowest BCUT2D eigenvalue weighted by molar-refractivity contribution is -0.134. The SMILES string of the molecule is C#Cc1c(F)ccc2cc(O)cc(-c3ncc4c(N5CC6CCC(C5)N6C(=O)CCCCCCCCNC(=O)C=C)nc(OCC56CCCN5CCC6)nc4c3F)c12. The van der Waals surface area contributed by atoms with E-state index in [-0.39, 0.29) is 68.9 Å². The van der Waals surface area contributed by atoms with E-state index in [1.54, 1.807) is 0 Å². The molecule has 4 aromatic rings. The summed E-state index contributed by atoms with van der Waals surface area (Å²) in [7, 11) is 0. The molecular formula is C45H51F2N7O4. The lowest BCUT2D eigenvalue weighted by Gasteiger charge is -2.42. The first-order chi connectivity index (χ1) is 28.2. The molecule has 8 rings (SSSR count). The molecule has 2 N–H and O–H groups in total. The van der Waals surface area contributed by atoms with Crippen LogP contribution in [-0.4, -0.2) is 98.6 Å². The highest BCUT2D eigenvalue weighted by atomic mass is 19.1. The predicted octanol–water partition coefficient (Wildman–Crippen LogP) is 7.03. The highest BCUT2D eigenvalue weighted by Gasteiger charge is 2.46. The maximum absolute atomic E-state index is 17.1. The normalized spacial score (nSPS) is 19.7. The number of nitrogens with one attached hydrogen (secondary N) is 1. The molecule has 2 atom stereocenters. The van der Waals surface area contributed by atoms with E-state index < -0.39 is 11.6 Å². The van der Waals surface area contributed by atoms with Crippen LogP contribution in [0.2, 0.25) is 0 Å². The second-order valence-electron chi connectivity index (χ2n) is 16.3. The van der Waals surface area contributed by atoms with E-state index in [9.17, 15) is 19.1 Å². The Kier molecular flexibility index (Phi) is 11.5. The molecule has 2 bridgehead atoms. The van der Waals surface area contributed by atoms with Gasteiger partial charge in [-0.05, 0) is 94.1 Å². The fraction of sp³-hybridized carbons (Fsp3) is 0.489. The molecular weight excluding hydrogens is 741 g/mol. The van der Waals surface area contributed by atoms with E-state index in [4.69, 9.17) is 16.1 Å². The number of piperazine rings is 1. The summed E-state index contributed by atoms with van der Waals surface area (Å²) in [4.78, 5) is 45.8. The minimum Gasteiger partial charge on any atom is -0.508 e. The number of rotatable bonds is 15. The molecule has 2 aromatic heterocycles. The molecule has 0 saturated carbocycles. The Morgan fingerprint density at radius 1 is 1.03 bits per heavy atom. The number of aromatic hydroxyl groups is 1. The number of nitrogens with zero attached hydrogens (tertiary/aromatic N) is 6. The molecule has 2 unspecified atom stereocenters. The molecule has 2 aromatic carbocycles. The number of anilines is 1. The number of ether oxygens (including phenoxy) is 1. The number of unbranched alkanes of at least 4 members (excludes halogenated alkanes) is 5. The Balaban J connectivity index is 1.04. The number of carbonyl (C=O) groups excluding carboxylic acids is 2. The van der Waals surface area contributed by atoms with Gasteiger partial charge in [-0.3, -0.25) is 19.5 Å². The Morgan fingerprint density at radius 2 is 1.76 bits per heavy atom. The van der Waals surface area contributed by atoms with E-state index >= 15 is 4.39 Å². The van der Waals surface area contributed by atoms with Gasteiger partial charge >= 0.3 is 6.01 Å². The summed E-state index contributed by atoms with van der Waals surface area (Å²) >= 11 is 0. The number of benzene rings is 2.